The zero-order chi connectivity index (χ0) is 15.5. The molecule has 0 bridgehead atoms. The van der Waals surface area contributed by atoms with E-state index >= 15 is 0 Å². The molecule has 7 atom stereocenters. The van der Waals surface area contributed by atoms with Crippen molar-refractivity contribution >= 4 is 0 Å². The van der Waals surface area contributed by atoms with Gasteiger partial charge in [0.25, 0.3) is 0 Å². The Bertz CT molecular complexity index is 518. The first-order valence-corrected chi connectivity index (χ1v) is 9.57. The second-order valence-corrected chi connectivity index (χ2v) is 8.97. The highest BCUT2D eigenvalue weighted by atomic mass is 16.3. The number of aliphatic hydroxyl groups excluding tert-OH is 1. The first-order valence-electron chi connectivity index (χ1n) is 9.57. The largest absolute Gasteiger partial charge is 0.385 e. The molecule has 3 saturated carbocycles. The Hall–Kier alpha value is -0.560. The van der Waals surface area contributed by atoms with Gasteiger partial charge in [0, 0.05) is 5.41 Å². The lowest BCUT2D eigenvalue weighted by Gasteiger charge is -2.57. The van der Waals surface area contributed by atoms with Crippen molar-refractivity contribution in [1.82, 2.24) is 0 Å². The van der Waals surface area contributed by atoms with Crippen LogP contribution in [-0.4, -0.2) is 11.2 Å². The highest BCUT2D eigenvalue weighted by molar-refractivity contribution is 5.33. The summed E-state index contributed by atoms with van der Waals surface area (Å²) in [5, 5.41) is 9.95. The molecule has 22 heavy (non-hydrogen) atoms. The number of hydrogen-bond acceptors (Lipinski definition) is 1. The van der Waals surface area contributed by atoms with Gasteiger partial charge in [-0.2, -0.15) is 0 Å². The Morgan fingerprint density at radius 3 is 2.73 bits per heavy atom. The van der Waals surface area contributed by atoms with Crippen molar-refractivity contribution in [3.05, 3.63) is 23.8 Å². The fourth-order valence-electron chi connectivity index (χ4n) is 7.10. The second-order valence-electron chi connectivity index (χ2n) is 8.97. The van der Waals surface area contributed by atoms with E-state index in [1.165, 1.54) is 50.5 Å². The van der Waals surface area contributed by atoms with Crippen molar-refractivity contribution in [2.24, 2.45) is 34.5 Å². The van der Waals surface area contributed by atoms with Gasteiger partial charge in [0.2, 0.25) is 0 Å². The molecular weight excluding hydrogens is 268 g/mol. The van der Waals surface area contributed by atoms with Gasteiger partial charge in [0.1, 0.15) is 0 Å². The molecule has 0 spiro atoms. The van der Waals surface area contributed by atoms with Crippen molar-refractivity contribution in [3.63, 3.8) is 0 Å². The van der Waals surface area contributed by atoms with E-state index in [1.807, 2.05) is 6.08 Å². The van der Waals surface area contributed by atoms with Gasteiger partial charge in [-0.3, -0.25) is 0 Å². The number of rotatable bonds is 1. The summed E-state index contributed by atoms with van der Waals surface area (Å²) in [4.78, 5) is 0. The van der Waals surface area contributed by atoms with Crippen LogP contribution in [0.5, 0.6) is 0 Å². The molecule has 4 aliphatic rings. The summed E-state index contributed by atoms with van der Waals surface area (Å²) in [7, 11) is 0. The Morgan fingerprint density at radius 1 is 1.14 bits per heavy atom. The average Bonchev–Trinajstić information content (AvgIpc) is 2.84. The summed E-state index contributed by atoms with van der Waals surface area (Å²) in [5.41, 5.74) is 2.37. The molecule has 0 aromatic heterocycles. The van der Waals surface area contributed by atoms with Crippen molar-refractivity contribution < 1.29 is 5.11 Å². The third-order valence-corrected chi connectivity index (χ3v) is 8.35. The van der Waals surface area contributed by atoms with Crippen LogP contribution in [0.2, 0.25) is 0 Å². The fraction of sp³-hybridized carbons (Fsp3) is 0.810. The molecule has 0 saturated heterocycles. The molecule has 4 rings (SSSR count). The molecule has 0 aromatic rings. The van der Waals surface area contributed by atoms with E-state index in [0.29, 0.717) is 5.41 Å². The molecule has 0 aliphatic heterocycles. The second kappa shape index (κ2) is 4.97. The zero-order valence-electron chi connectivity index (χ0n) is 14.5. The van der Waals surface area contributed by atoms with Gasteiger partial charge >= 0.3 is 0 Å². The minimum Gasteiger partial charge on any atom is -0.385 e. The predicted molar refractivity (Wildman–Crippen MR) is 91.4 cm³/mol. The Balaban J connectivity index is 1.67. The summed E-state index contributed by atoms with van der Waals surface area (Å²) in [6.07, 6.45) is 15.9. The van der Waals surface area contributed by atoms with Gasteiger partial charge in [0.15, 0.2) is 0 Å². The van der Waals surface area contributed by atoms with Crippen LogP contribution < -0.4 is 0 Å². The molecule has 1 nitrogen and oxygen atoms in total. The van der Waals surface area contributed by atoms with Crippen LogP contribution >= 0.6 is 0 Å². The number of aliphatic hydroxyl groups is 1. The van der Waals surface area contributed by atoms with Crippen molar-refractivity contribution in [3.8, 4) is 0 Å². The van der Waals surface area contributed by atoms with Crippen molar-refractivity contribution in [2.45, 2.75) is 71.8 Å². The molecule has 0 amide bonds. The van der Waals surface area contributed by atoms with Crippen LogP contribution in [0.3, 0.4) is 0 Å². The molecule has 4 aliphatic carbocycles. The van der Waals surface area contributed by atoms with E-state index in [-0.39, 0.29) is 11.5 Å². The highest BCUT2D eigenvalue weighted by Crippen LogP contribution is 2.66. The van der Waals surface area contributed by atoms with E-state index < -0.39 is 0 Å². The standard InChI is InChI=1S/C21H32O/c1-4-14-6-8-18-17-7-5-15-13-16(22)9-11-21(15,3)19(17)10-12-20(14,18)2/h9,11,13-14,16-19,22H,4-8,10,12H2,1-3H3. The maximum absolute atomic E-state index is 9.95. The minimum atomic E-state index is -0.343. The minimum absolute atomic E-state index is 0.230. The molecule has 7 unspecified atom stereocenters. The van der Waals surface area contributed by atoms with Gasteiger partial charge in [0.05, 0.1) is 6.10 Å². The lowest BCUT2D eigenvalue weighted by Crippen LogP contribution is -2.49. The molecule has 0 heterocycles. The smallest absolute Gasteiger partial charge is 0.0905 e. The molecule has 122 valence electrons. The Labute approximate surface area is 135 Å². The molecule has 0 radical (unpaired) electrons. The first kappa shape index (κ1) is 15.0. The lowest BCUT2D eigenvalue weighted by atomic mass is 9.47. The SMILES string of the molecule is CCC1CCC2C3CCC4=CC(O)C=CC4(C)C3CCC12C. The normalized spacial score (nSPS) is 53.5. The maximum Gasteiger partial charge on any atom is 0.0905 e. The fourth-order valence-corrected chi connectivity index (χ4v) is 7.10. The third kappa shape index (κ3) is 1.87. The molecule has 3 fully saturated rings. The highest BCUT2D eigenvalue weighted by Gasteiger charge is 2.57. The van der Waals surface area contributed by atoms with Gasteiger partial charge < -0.3 is 5.11 Å². The van der Waals surface area contributed by atoms with Crippen LogP contribution in [0, 0.1) is 34.5 Å². The van der Waals surface area contributed by atoms with Crippen molar-refractivity contribution in [1.29, 1.82) is 0 Å². The first-order chi connectivity index (χ1) is 10.5. The van der Waals surface area contributed by atoms with E-state index in [1.54, 1.807) is 0 Å². The van der Waals surface area contributed by atoms with E-state index in [9.17, 15) is 5.11 Å². The van der Waals surface area contributed by atoms with Crippen LogP contribution in [0.15, 0.2) is 23.8 Å². The van der Waals surface area contributed by atoms with Gasteiger partial charge in [-0.25, -0.2) is 0 Å². The average molecular weight is 300 g/mol. The molecule has 1 N–H and O–H groups in total. The molecular formula is C21H32O. The van der Waals surface area contributed by atoms with Gasteiger partial charge in [-0.05, 0) is 67.6 Å². The number of hydrogen-bond donors (Lipinski definition) is 1. The number of allylic oxidation sites excluding steroid dienone is 2. The maximum atomic E-state index is 9.95. The van der Waals surface area contributed by atoms with Crippen LogP contribution in [-0.2, 0) is 0 Å². The van der Waals surface area contributed by atoms with Crippen LogP contribution in [0.1, 0.15) is 65.7 Å². The summed E-state index contributed by atoms with van der Waals surface area (Å²) >= 11 is 0. The van der Waals surface area contributed by atoms with Crippen LogP contribution in [0.25, 0.3) is 0 Å². The topological polar surface area (TPSA) is 20.2 Å². The van der Waals surface area contributed by atoms with Gasteiger partial charge in [-0.1, -0.05) is 51.0 Å². The van der Waals surface area contributed by atoms with E-state index in [4.69, 9.17) is 0 Å². The predicted octanol–water partition coefficient (Wildman–Crippen LogP) is 5.11. The molecule has 1 heteroatoms. The Morgan fingerprint density at radius 2 is 1.95 bits per heavy atom. The summed E-state index contributed by atoms with van der Waals surface area (Å²) in [6.45, 7) is 7.47. The Kier molecular flexibility index (Phi) is 3.39. The monoisotopic (exact) mass is 300 g/mol. The zero-order valence-corrected chi connectivity index (χ0v) is 14.5. The summed E-state index contributed by atoms with van der Waals surface area (Å²) in [5.74, 6) is 3.64. The van der Waals surface area contributed by atoms with Crippen molar-refractivity contribution in [2.75, 3.05) is 0 Å². The van der Waals surface area contributed by atoms with Crippen LogP contribution in [0.4, 0.5) is 0 Å². The van der Waals surface area contributed by atoms with E-state index in [0.717, 1.165) is 23.7 Å². The third-order valence-electron chi connectivity index (χ3n) is 8.35. The molecule has 0 aromatic carbocycles. The summed E-state index contributed by atoms with van der Waals surface area (Å²) < 4.78 is 0. The lowest BCUT2D eigenvalue weighted by molar-refractivity contribution is -0.0349. The number of fused-ring (bicyclic) bond motifs is 5. The van der Waals surface area contributed by atoms with E-state index in [2.05, 4.69) is 32.9 Å². The summed E-state index contributed by atoms with van der Waals surface area (Å²) in [6, 6.07) is 0. The van der Waals surface area contributed by atoms with Gasteiger partial charge in [-0.15, -0.1) is 0 Å². The quantitative estimate of drug-likeness (QED) is 0.667.